The monoisotopic (exact) mass is 309 g/mol. The number of rotatable bonds is 0. The molecule has 0 atom stereocenters. The van der Waals surface area contributed by atoms with Gasteiger partial charge in [-0.2, -0.15) is 0 Å². The normalized spacial score (nSPS) is 9.67. The van der Waals surface area contributed by atoms with Crippen molar-refractivity contribution in [1.82, 2.24) is 0 Å². The maximum atomic E-state index is 3.44. The Kier molecular flexibility index (Phi) is 2.72. The van der Waals surface area contributed by atoms with E-state index in [2.05, 4.69) is 48.8 Å². The summed E-state index contributed by atoms with van der Waals surface area (Å²) in [6.45, 7) is 0. The molecule has 0 saturated carbocycles. The minimum Gasteiger partial charge on any atom is -0.0627 e. The second kappa shape index (κ2) is 3.16. The Bertz CT molecular complexity index is 204. The van der Waals surface area contributed by atoms with Gasteiger partial charge in [0, 0.05) is 8.04 Å². The van der Waals surface area contributed by atoms with Gasteiger partial charge in [0.15, 0.2) is 0 Å². The van der Waals surface area contributed by atoms with Gasteiger partial charge in [-0.25, -0.2) is 0 Å². The Hall–Kier alpha value is 0.647. The van der Waals surface area contributed by atoms with Gasteiger partial charge in [-0.3, -0.25) is 0 Å². The highest BCUT2D eigenvalue weighted by atomic mass is 127. The molecule has 9 heavy (non-hydrogen) atoms. The standard InChI is InChI=1S/C6H3BrISi/c7-6-4(8)2-1-3-5(6)9/h1-3H. The number of hydrogen-bond acceptors (Lipinski definition) is 0. The van der Waals surface area contributed by atoms with Gasteiger partial charge in [-0.05, 0) is 44.6 Å². The lowest BCUT2D eigenvalue weighted by molar-refractivity contribution is 1.64. The molecule has 0 spiro atoms. The molecule has 0 aromatic heterocycles. The zero-order valence-corrected chi connectivity index (χ0v) is 9.23. The third kappa shape index (κ3) is 1.78. The van der Waals surface area contributed by atoms with E-state index < -0.39 is 0 Å². The molecule has 0 unspecified atom stereocenters. The molecule has 0 amide bonds. The van der Waals surface area contributed by atoms with E-state index in [-0.39, 0.29) is 0 Å². The molecule has 1 aromatic carbocycles. The summed E-state index contributed by atoms with van der Waals surface area (Å²) in [7, 11) is 3.44. The van der Waals surface area contributed by atoms with Crippen LogP contribution < -0.4 is 5.19 Å². The van der Waals surface area contributed by atoms with Gasteiger partial charge < -0.3 is 0 Å². The molecule has 0 aliphatic rings. The first-order valence-corrected chi connectivity index (χ1v) is 4.74. The molecule has 0 aliphatic heterocycles. The second-order valence-electron chi connectivity index (χ2n) is 1.60. The molecule has 1 aromatic rings. The van der Waals surface area contributed by atoms with E-state index >= 15 is 0 Å². The molecule has 3 radical (unpaired) electrons. The van der Waals surface area contributed by atoms with Crippen LogP contribution in [0, 0.1) is 3.57 Å². The predicted octanol–water partition coefficient (Wildman–Crippen LogP) is 1.85. The zero-order valence-electron chi connectivity index (χ0n) is 4.49. The van der Waals surface area contributed by atoms with Crippen molar-refractivity contribution < 1.29 is 0 Å². The lowest BCUT2D eigenvalue weighted by Gasteiger charge is -1.97. The summed E-state index contributed by atoms with van der Waals surface area (Å²) in [4.78, 5) is 0. The fourth-order valence-corrected chi connectivity index (χ4v) is 1.75. The van der Waals surface area contributed by atoms with E-state index in [0.717, 1.165) is 9.66 Å². The maximum Gasteiger partial charge on any atom is 0.0728 e. The third-order valence-corrected chi connectivity index (χ3v) is 4.23. The minimum absolute atomic E-state index is 1.10. The average Bonchev–Trinajstić information content (AvgIpc) is 1.83. The highest BCUT2D eigenvalue weighted by Gasteiger charge is 1.95. The summed E-state index contributed by atoms with van der Waals surface area (Å²) >= 11 is 5.69. The van der Waals surface area contributed by atoms with E-state index in [4.69, 9.17) is 0 Å². The second-order valence-corrected chi connectivity index (χ2v) is 4.10. The molecule has 0 nitrogen and oxygen atoms in total. The van der Waals surface area contributed by atoms with E-state index in [0.29, 0.717) is 0 Å². The van der Waals surface area contributed by atoms with Crippen molar-refractivity contribution in [3.63, 3.8) is 0 Å². The molecule has 3 heteroatoms. The largest absolute Gasteiger partial charge is 0.0728 e. The molecule has 0 heterocycles. The Morgan fingerprint density at radius 2 is 2.11 bits per heavy atom. The van der Waals surface area contributed by atoms with Crippen molar-refractivity contribution in [2.45, 2.75) is 0 Å². The van der Waals surface area contributed by atoms with Crippen molar-refractivity contribution in [1.29, 1.82) is 0 Å². The predicted molar refractivity (Wildman–Crippen MR) is 52.2 cm³/mol. The van der Waals surface area contributed by atoms with Crippen LogP contribution in [0.1, 0.15) is 0 Å². The van der Waals surface area contributed by atoms with E-state index in [1.54, 1.807) is 0 Å². The molecular formula is C6H3BrISi. The third-order valence-electron chi connectivity index (χ3n) is 0.952. The van der Waals surface area contributed by atoms with Crippen LogP contribution in [0.25, 0.3) is 0 Å². The highest BCUT2D eigenvalue weighted by Crippen LogP contribution is 2.14. The van der Waals surface area contributed by atoms with Crippen molar-refractivity contribution in [2.24, 2.45) is 0 Å². The zero-order chi connectivity index (χ0) is 6.85. The highest BCUT2D eigenvalue weighted by molar-refractivity contribution is 14.1. The van der Waals surface area contributed by atoms with Crippen LogP contribution in [-0.2, 0) is 0 Å². The number of benzene rings is 1. The van der Waals surface area contributed by atoms with Crippen LogP contribution in [0.2, 0.25) is 0 Å². The molecule has 0 N–H and O–H groups in total. The Labute approximate surface area is 79.7 Å². The van der Waals surface area contributed by atoms with Gasteiger partial charge >= 0.3 is 0 Å². The smallest absolute Gasteiger partial charge is 0.0627 e. The average molecular weight is 310 g/mol. The first-order valence-electron chi connectivity index (χ1n) is 2.37. The molecule has 0 aliphatic carbocycles. The summed E-state index contributed by atoms with van der Waals surface area (Å²) in [5, 5.41) is 1.10. The SMILES string of the molecule is [Si]c1cccc(I)c1Br. The summed E-state index contributed by atoms with van der Waals surface area (Å²) < 4.78 is 2.35. The van der Waals surface area contributed by atoms with E-state index in [1.165, 1.54) is 3.57 Å². The molecule has 0 saturated heterocycles. The molecule has 0 fully saturated rings. The van der Waals surface area contributed by atoms with E-state index in [1.807, 2.05) is 18.2 Å². The van der Waals surface area contributed by atoms with Crippen molar-refractivity contribution in [3.05, 3.63) is 26.2 Å². The van der Waals surface area contributed by atoms with Crippen LogP contribution >= 0.6 is 38.5 Å². The minimum atomic E-state index is 1.10. The Balaban J connectivity index is 3.25. The van der Waals surface area contributed by atoms with Crippen molar-refractivity contribution >= 4 is 54.0 Å². The van der Waals surface area contributed by atoms with Gasteiger partial charge in [0.25, 0.3) is 0 Å². The topological polar surface area (TPSA) is 0 Å². The maximum absolute atomic E-state index is 3.44. The molecule has 0 bridgehead atoms. The van der Waals surface area contributed by atoms with Crippen LogP contribution in [0.3, 0.4) is 0 Å². The fraction of sp³-hybridized carbons (Fsp3) is 0. The van der Waals surface area contributed by atoms with Gasteiger partial charge in [0.2, 0.25) is 0 Å². The molecular weight excluding hydrogens is 307 g/mol. The lowest BCUT2D eigenvalue weighted by atomic mass is 10.4. The van der Waals surface area contributed by atoms with Gasteiger partial charge in [0.05, 0.1) is 10.2 Å². The summed E-state index contributed by atoms with van der Waals surface area (Å²) in [6, 6.07) is 6.06. The van der Waals surface area contributed by atoms with Gasteiger partial charge in [-0.15, -0.1) is 0 Å². The number of hydrogen-bond donors (Lipinski definition) is 0. The molecule has 45 valence electrons. The number of halogens is 2. The molecule has 1 rings (SSSR count). The van der Waals surface area contributed by atoms with Crippen molar-refractivity contribution in [3.8, 4) is 0 Å². The Morgan fingerprint density at radius 1 is 1.44 bits per heavy atom. The lowest BCUT2D eigenvalue weighted by Crippen LogP contribution is -2.04. The van der Waals surface area contributed by atoms with E-state index in [9.17, 15) is 0 Å². The summed E-state index contributed by atoms with van der Waals surface area (Å²) in [5.74, 6) is 0. The summed E-state index contributed by atoms with van der Waals surface area (Å²) in [5.41, 5.74) is 0. The summed E-state index contributed by atoms with van der Waals surface area (Å²) in [6.07, 6.45) is 0. The quantitative estimate of drug-likeness (QED) is 0.507. The van der Waals surface area contributed by atoms with Crippen molar-refractivity contribution in [2.75, 3.05) is 0 Å². The van der Waals surface area contributed by atoms with Gasteiger partial charge in [0.1, 0.15) is 0 Å². The van der Waals surface area contributed by atoms with Crippen LogP contribution in [-0.4, -0.2) is 10.2 Å². The van der Waals surface area contributed by atoms with Gasteiger partial charge in [-0.1, -0.05) is 17.3 Å². The fourth-order valence-electron chi connectivity index (χ4n) is 0.504. The first-order chi connectivity index (χ1) is 4.22. The first kappa shape index (κ1) is 7.75. The van der Waals surface area contributed by atoms with Crippen LogP contribution in [0.5, 0.6) is 0 Å². The Morgan fingerprint density at radius 3 is 2.56 bits per heavy atom. The van der Waals surface area contributed by atoms with Crippen LogP contribution in [0.4, 0.5) is 0 Å². The van der Waals surface area contributed by atoms with Crippen LogP contribution in [0.15, 0.2) is 22.7 Å².